The number of anilines is 1. The molecule has 0 aromatic carbocycles. The van der Waals surface area contributed by atoms with Crippen LogP contribution in [-0.4, -0.2) is 55.6 Å². The first-order valence-corrected chi connectivity index (χ1v) is 8.18. The van der Waals surface area contributed by atoms with Crippen molar-refractivity contribution in [2.24, 2.45) is 0 Å². The van der Waals surface area contributed by atoms with Gasteiger partial charge in [0.05, 0.1) is 25.2 Å². The van der Waals surface area contributed by atoms with Crippen molar-refractivity contribution in [2.45, 2.75) is 12.8 Å². The number of nitrogens with two attached hydrogens (primary N) is 1. The second kappa shape index (κ2) is 5.66. The van der Waals surface area contributed by atoms with Gasteiger partial charge >= 0.3 is 7.60 Å². The van der Waals surface area contributed by atoms with Crippen molar-refractivity contribution in [1.82, 2.24) is 34.5 Å². The largest absolute Gasteiger partial charge is 0.382 e. The Morgan fingerprint density at radius 1 is 1.30 bits per heavy atom. The highest BCUT2D eigenvalue weighted by Gasteiger charge is 2.22. The van der Waals surface area contributed by atoms with E-state index in [-0.39, 0.29) is 12.4 Å². The van der Waals surface area contributed by atoms with Crippen LogP contribution in [0.4, 0.5) is 5.82 Å². The zero-order valence-corrected chi connectivity index (χ0v) is 12.5. The number of hydrogen-bond donors (Lipinski definition) is 4. The number of imidazole rings is 1. The van der Waals surface area contributed by atoms with Crippen LogP contribution in [-0.2, 0) is 11.1 Å². The van der Waals surface area contributed by atoms with E-state index in [2.05, 4.69) is 25.3 Å². The Kier molecular flexibility index (Phi) is 3.82. The Hall–Kier alpha value is -2.40. The van der Waals surface area contributed by atoms with Crippen molar-refractivity contribution < 1.29 is 19.5 Å². The quantitative estimate of drug-likeness (QED) is 0.409. The predicted molar refractivity (Wildman–Crippen MR) is 77.0 cm³/mol. The molecule has 13 heteroatoms. The molecule has 1 unspecified atom stereocenters. The van der Waals surface area contributed by atoms with Crippen molar-refractivity contribution in [3.63, 3.8) is 0 Å². The number of aromatic nitrogens is 7. The third-order valence-corrected chi connectivity index (χ3v) is 3.83. The number of aliphatic hydroxyl groups excluding tert-OH is 1. The molecule has 0 bridgehead atoms. The smallest absolute Gasteiger partial charge is 0.330 e. The first-order chi connectivity index (χ1) is 10.8. The van der Waals surface area contributed by atoms with Gasteiger partial charge in [-0.05, 0) is 0 Å². The average Bonchev–Trinajstić information content (AvgIpc) is 3.06. The normalized spacial score (nSPS) is 13.5. The lowest BCUT2D eigenvalue weighted by Crippen LogP contribution is -2.13. The number of aliphatic hydroxyl groups is 1. The number of nitrogens with zero attached hydrogens (tertiary/aromatic N) is 7. The minimum atomic E-state index is -4.36. The van der Waals surface area contributed by atoms with E-state index in [0.717, 1.165) is 4.68 Å². The Morgan fingerprint density at radius 2 is 2.09 bits per heavy atom. The molecule has 12 nitrogen and oxygen atoms in total. The molecule has 0 spiro atoms. The molecule has 3 heterocycles. The van der Waals surface area contributed by atoms with Gasteiger partial charge in [-0.2, -0.15) is 0 Å². The van der Waals surface area contributed by atoms with Gasteiger partial charge in [0.2, 0.25) is 0 Å². The zero-order chi connectivity index (χ0) is 16.6. The minimum absolute atomic E-state index is 0.246. The maximum absolute atomic E-state index is 10.9. The van der Waals surface area contributed by atoms with E-state index in [1.165, 1.54) is 18.9 Å². The molecule has 23 heavy (non-hydrogen) atoms. The van der Waals surface area contributed by atoms with Crippen LogP contribution >= 0.6 is 7.60 Å². The predicted octanol–water partition coefficient (Wildman–Crippen LogP) is -1.28. The summed E-state index contributed by atoms with van der Waals surface area (Å²) in [4.78, 5) is 29.8. The molecular weight excluding hydrogens is 327 g/mol. The number of nitrogen functional groups attached to an aromatic ring is 1. The van der Waals surface area contributed by atoms with Crippen molar-refractivity contribution in [3.8, 4) is 0 Å². The highest BCUT2D eigenvalue weighted by atomic mass is 31.2. The molecule has 0 radical (unpaired) electrons. The molecular formula is C10H13N8O4P. The minimum Gasteiger partial charge on any atom is -0.382 e. The van der Waals surface area contributed by atoms with Gasteiger partial charge in [0.15, 0.2) is 17.7 Å². The van der Waals surface area contributed by atoms with Gasteiger partial charge in [-0.25, -0.2) is 19.6 Å². The van der Waals surface area contributed by atoms with Crippen LogP contribution in [0.15, 0.2) is 18.9 Å². The van der Waals surface area contributed by atoms with Gasteiger partial charge < -0.3 is 25.2 Å². The van der Waals surface area contributed by atoms with Crippen LogP contribution < -0.4 is 5.73 Å². The summed E-state index contributed by atoms with van der Waals surface area (Å²) in [6, 6.07) is 0. The second-order valence-corrected chi connectivity index (χ2v) is 6.52. The first-order valence-electron chi connectivity index (χ1n) is 6.38. The monoisotopic (exact) mass is 340 g/mol. The summed E-state index contributed by atoms with van der Waals surface area (Å²) in [5.74, 6) is 0.259. The van der Waals surface area contributed by atoms with E-state index >= 15 is 0 Å². The van der Waals surface area contributed by atoms with Crippen molar-refractivity contribution in [3.05, 3.63) is 24.5 Å². The van der Waals surface area contributed by atoms with Gasteiger partial charge in [-0.1, -0.05) is 5.21 Å². The van der Waals surface area contributed by atoms with Gasteiger partial charge in [0, 0.05) is 0 Å². The van der Waals surface area contributed by atoms with Crippen LogP contribution in [0.2, 0.25) is 0 Å². The maximum Gasteiger partial charge on any atom is 0.330 e. The van der Waals surface area contributed by atoms with Crippen molar-refractivity contribution >= 4 is 24.6 Å². The van der Waals surface area contributed by atoms with Gasteiger partial charge in [0.25, 0.3) is 0 Å². The SMILES string of the molecule is Nc1ncnc2c1ncn2Cc1cn(C(O)CP(=O)(O)O)nn1. The van der Waals surface area contributed by atoms with Crippen LogP contribution in [0.5, 0.6) is 0 Å². The van der Waals surface area contributed by atoms with Gasteiger partial charge in [0.1, 0.15) is 17.5 Å². The topological polar surface area (TPSA) is 178 Å². The molecule has 1 atom stereocenters. The Balaban J connectivity index is 1.81. The van der Waals surface area contributed by atoms with Crippen LogP contribution in [0.1, 0.15) is 11.9 Å². The summed E-state index contributed by atoms with van der Waals surface area (Å²) in [5, 5.41) is 17.2. The van der Waals surface area contributed by atoms with Gasteiger partial charge in [-0.15, -0.1) is 5.10 Å². The molecule has 0 saturated heterocycles. The lowest BCUT2D eigenvalue weighted by Gasteiger charge is -2.10. The summed E-state index contributed by atoms with van der Waals surface area (Å²) >= 11 is 0. The third-order valence-electron chi connectivity index (χ3n) is 3.03. The molecule has 5 N–H and O–H groups in total. The fraction of sp³-hybridized carbons (Fsp3) is 0.300. The lowest BCUT2D eigenvalue weighted by molar-refractivity contribution is 0.105. The molecule has 3 rings (SSSR count). The second-order valence-electron chi connectivity index (χ2n) is 4.82. The van der Waals surface area contributed by atoms with Crippen LogP contribution in [0.25, 0.3) is 11.2 Å². The summed E-state index contributed by atoms with van der Waals surface area (Å²) < 4.78 is 13.5. The highest BCUT2D eigenvalue weighted by molar-refractivity contribution is 7.51. The number of hydrogen-bond acceptors (Lipinski definition) is 8. The fourth-order valence-electron chi connectivity index (χ4n) is 2.02. The molecule has 0 fully saturated rings. The third kappa shape index (κ3) is 3.35. The molecule has 3 aromatic heterocycles. The standard InChI is InChI=1S/C10H13N8O4P/c11-9-8-10(13-4-12-9)17(5-14-8)1-6-2-18(16-15-6)7(19)3-23(20,21)22/h2,4-5,7,19H,1,3H2,(H2,11,12,13)(H2,20,21,22). The Morgan fingerprint density at radius 3 is 2.83 bits per heavy atom. The summed E-state index contributed by atoms with van der Waals surface area (Å²) in [6.45, 7) is 0.246. The molecule has 0 saturated carbocycles. The molecule has 3 aromatic rings. The van der Waals surface area contributed by atoms with Crippen molar-refractivity contribution in [2.75, 3.05) is 11.9 Å². The maximum atomic E-state index is 10.9. The van der Waals surface area contributed by atoms with Crippen molar-refractivity contribution in [1.29, 1.82) is 0 Å². The number of rotatable bonds is 5. The fourth-order valence-corrected chi connectivity index (χ4v) is 2.61. The summed E-state index contributed by atoms with van der Waals surface area (Å²) in [5.41, 5.74) is 7.13. The molecule has 122 valence electrons. The molecule has 0 aliphatic heterocycles. The van der Waals surface area contributed by atoms with Gasteiger partial charge in [-0.3, -0.25) is 4.57 Å². The Bertz CT molecular complexity index is 886. The van der Waals surface area contributed by atoms with E-state index in [1.807, 2.05) is 0 Å². The summed E-state index contributed by atoms with van der Waals surface area (Å²) in [7, 11) is -4.36. The lowest BCUT2D eigenvalue weighted by atomic mass is 10.4. The Labute approximate surface area is 128 Å². The van der Waals surface area contributed by atoms with Crippen LogP contribution in [0.3, 0.4) is 0 Å². The number of fused-ring (bicyclic) bond motifs is 1. The summed E-state index contributed by atoms with van der Waals surface area (Å²) in [6.07, 6.45) is 2.01. The van der Waals surface area contributed by atoms with E-state index in [0.29, 0.717) is 16.9 Å². The molecule has 0 aliphatic rings. The highest BCUT2D eigenvalue weighted by Crippen LogP contribution is 2.37. The molecule has 0 aliphatic carbocycles. The molecule has 0 amide bonds. The van der Waals surface area contributed by atoms with E-state index in [1.54, 1.807) is 4.57 Å². The van der Waals surface area contributed by atoms with E-state index < -0.39 is 20.0 Å². The van der Waals surface area contributed by atoms with E-state index in [4.69, 9.17) is 15.5 Å². The van der Waals surface area contributed by atoms with Crippen LogP contribution in [0, 0.1) is 0 Å². The zero-order valence-electron chi connectivity index (χ0n) is 11.6. The van der Waals surface area contributed by atoms with E-state index in [9.17, 15) is 9.67 Å². The first kappa shape index (κ1) is 15.5. The average molecular weight is 340 g/mol.